The number of nitrogens with one attached hydrogen (secondary N) is 1. The molecule has 1 aliphatic carbocycles. The molecule has 0 radical (unpaired) electrons. The Morgan fingerprint density at radius 1 is 0.458 bits per heavy atom. The van der Waals surface area contributed by atoms with Gasteiger partial charge in [-0.3, -0.25) is 9.59 Å². The van der Waals surface area contributed by atoms with Gasteiger partial charge in [0, 0.05) is 25.3 Å². The molecule has 0 spiro atoms. The normalized spacial score (nSPS) is 16.6. The van der Waals surface area contributed by atoms with E-state index in [1.807, 2.05) is 0 Å². The third kappa shape index (κ3) is 30.0. The number of amides is 1. The number of ketones is 1. The third-order valence-electron chi connectivity index (χ3n) is 11.2. The molecule has 0 aliphatic heterocycles. The van der Waals surface area contributed by atoms with E-state index in [0.717, 1.165) is 43.9 Å². The smallest absolute Gasteiger partial charge is 0.220 e. The Morgan fingerprint density at radius 3 is 1.19 bits per heavy atom. The molecule has 1 amide bonds. The van der Waals surface area contributed by atoms with Crippen LogP contribution in [0.3, 0.4) is 0 Å². The maximum atomic E-state index is 12.8. The standard InChI is InChI=1S/C45H87NO2/c1-40(2)33-27-23-19-15-11-7-5-9-13-17-21-25-29-36-43(47)39-42-35-31-32-37-44(42)46-45(48)38-30-26-22-18-14-10-6-8-12-16-20-24-28-34-41(3)4/h40-42,44H,5-39H2,1-4H3,(H,46,48)/t42-,44+/m1/s1. The van der Waals surface area contributed by atoms with E-state index >= 15 is 0 Å². The lowest BCUT2D eigenvalue weighted by molar-refractivity contribution is -0.124. The highest BCUT2D eigenvalue weighted by Gasteiger charge is 2.28. The van der Waals surface area contributed by atoms with Crippen LogP contribution in [-0.4, -0.2) is 17.7 Å². The molecule has 0 aromatic carbocycles. The largest absolute Gasteiger partial charge is 0.353 e. The molecule has 284 valence electrons. The van der Waals surface area contributed by atoms with Gasteiger partial charge in [0.05, 0.1) is 0 Å². The van der Waals surface area contributed by atoms with Crippen molar-refractivity contribution in [3.63, 3.8) is 0 Å². The Balaban J connectivity index is 1.95. The van der Waals surface area contributed by atoms with Crippen molar-refractivity contribution in [3.05, 3.63) is 0 Å². The molecule has 1 N–H and O–H groups in total. The van der Waals surface area contributed by atoms with Gasteiger partial charge in [0.15, 0.2) is 0 Å². The first-order valence-corrected chi connectivity index (χ1v) is 22.2. The average Bonchev–Trinajstić information content (AvgIpc) is 3.05. The minimum Gasteiger partial charge on any atom is -0.353 e. The van der Waals surface area contributed by atoms with Gasteiger partial charge in [0.2, 0.25) is 5.91 Å². The van der Waals surface area contributed by atoms with Crippen LogP contribution in [0.25, 0.3) is 0 Å². The topological polar surface area (TPSA) is 46.2 Å². The molecule has 3 heteroatoms. The summed E-state index contributed by atoms with van der Waals surface area (Å²) >= 11 is 0. The van der Waals surface area contributed by atoms with Crippen LogP contribution in [-0.2, 0) is 9.59 Å². The van der Waals surface area contributed by atoms with E-state index in [9.17, 15) is 9.59 Å². The van der Waals surface area contributed by atoms with Crippen molar-refractivity contribution in [2.75, 3.05) is 0 Å². The highest BCUT2D eigenvalue weighted by Crippen LogP contribution is 2.28. The lowest BCUT2D eigenvalue weighted by atomic mass is 9.80. The fraction of sp³-hybridized carbons (Fsp3) is 0.956. The third-order valence-corrected chi connectivity index (χ3v) is 11.2. The van der Waals surface area contributed by atoms with Crippen LogP contribution in [0.15, 0.2) is 0 Å². The van der Waals surface area contributed by atoms with Gasteiger partial charge in [0.25, 0.3) is 0 Å². The molecule has 0 bridgehead atoms. The van der Waals surface area contributed by atoms with E-state index < -0.39 is 0 Å². The molecule has 2 atom stereocenters. The zero-order chi connectivity index (χ0) is 34.9. The first kappa shape index (κ1) is 45.2. The van der Waals surface area contributed by atoms with Gasteiger partial charge in [-0.05, 0) is 43.4 Å². The Hall–Kier alpha value is -0.860. The number of hydrogen-bond acceptors (Lipinski definition) is 2. The second-order valence-corrected chi connectivity index (χ2v) is 17.0. The summed E-state index contributed by atoms with van der Waals surface area (Å²) in [5.74, 6) is 2.74. The Labute approximate surface area is 302 Å². The van der Waals surface area contributed by atoms with E-state index in [-0.39, 0.29) is 11.9 Å². The van der Waals surface area contributed by atoms with Crippen LogP contribution in [0.1, 0.15) is 252 Å². The van der Waals surface area contributed by atoms with Crippen molar-refractivity contribution in [2.45, 2.75) is 258 Å². The maximum Gasteiger partial charge on any atom is 0.220 e. The second-order valence-electron chi connectivity index (χ2n) is 17.0. The molecule has 48 heavy (non-hydrogen) atoms. The monoisotopic (exact) mass is 674 g/mol. The van der Waals surface area contributed by atoms with Crippen molar-refractivity contribution >= 4 is 11.7 Å². The Morgan fingerprint density at radius 2 is 0.792 bits per heavy atom. The summed E-state index contributed by atoms with van der Waals surface area (Å²) in [5.41, 5.74) is 0. The van der Waals surface area contributed by atoms with E-state index in [0.29, 0.717) is 24.5 Å². The number of carbonyl (C=O) groups is 2. The summed E-state index contributed by atoms with van der Waals surface area (Å²) in [6.45, 7) is 9.32. The first-order chi connectivity index (χ1) is 23.4. The summed E-state index contributed by atoms with van der Waals surface area (Å²) < 4.78 is 0. The summed E-state index contributed by atoms with van der Waals surface area (Å²) in [6.07, 6.45) is 44.5. The van der Waals surface area contributed by atoms with E-state index in [4.69, 9.17) is 0 Å². The van der Waals surface area contributed by atoms with Gasteiger partial charge >= 0.3 is 0 Å². The molecule has 3 nitrogen and oxygen atoms in total. The summed E-state index contributed by atoms with van der Waals surface area (Å²) in [7, 11) is 0. The minimum absolute atomic E-state index is 0.222. The molecule has 0 aromatic rings. The molecule has 0 aromatic heterocycles. The Bertz CT molecular complexity index is 656. The number of Topliss-reactive ketones (excluding diaryl/α,β-unsaturated/α-hetero) is 1. The van der Waals surface area contributed by atoms with Crippen LogP contribution in [0, 0.1) is 17.8 Å². The lowest BCUT2D eigenvalue weighted by Crippen LogP contribution is -2.42. The molecule has 0 unspecified atom stereocenters. The maximum absolute atomic E-state index is 12.8. The number of carbonyl (C=O) groups excluding carboxylic acids is 2. The first-order valence-electron chi connectivity index (χ1n) is 22.2. The molecule has 1 rings (SSSR count). The fourth-order valence-corrected chi connectivity index (χ4v) is 7.92. The van der Waals surface area contributed by atoms with E-state index in [1.165, 1.54) is 180 Å². The predicted octanol–water partition coefficient (Wildman–Crippen LogP) is 14.6. The quantitative estimate of drug-likeness (QED) is 0.0681. The van der Waals surface area contributed by atoms with E-state index in [2.05, 4.69) is 33.0 Å². The number of rotatable bonds is 35. The van der Waals surface area contributed by atoms with Crippen molar-refractivity contribution in [1.29, 1.82) is 0 Å². The summed E-state index contributed by atoms with van der Waals surface area (Å²) in [5, 5.41) is 3.36. The molecular formula is C45H87NO2. The Kier molecular flexibility index (Phi) is 31.3. The van der Waals surface area contributed by atoms with Gasteiger partial charge in [-0.1, -0.05) is 207 Å². The van der Waals surface area contributed by atoms with Gasteiger partial charge in [-0.25, -0.2) is 0 Å². The SMILES string of the molecule is CC(C)CCCCCCCCCCCCCCCC(=O)C[C@H]1CCCC[C@@H]1NC(=O)CCCCCCCCCCCCCCCC(C)C. The van der Waals surface area contributed by atoms with Crippen LogP contribution in [0.2, 0.25) is 0 Å². The highest BCUT2D eigenvalue weighted by molar-refractivity contribution is 5.79. The van der Waals surface area contributed by atoms with Crippen LogP contribution < -0.4 is 5.32 Å². The van der Waals surface area contributed by atoms with Gasteiger partial charge in [0.1, 0.15) is 5.78 Å². The molecule has 0 saturated heterocycles. The van der Waals surface area contributed by atoms with Crippen molar-refractivity contribution in [1.82, 2.24) is 5.32 Å². The molecule has 1 aliphatic rings. The average molecular weight is 674 g/mol. The predicted molar refractivity (Wildman–Crippen MR) is 212 cm³/mol. The zero-order valence-corrected chi connectivity index (χ0v) is 33.4. The molecule has 0 heterocycles. The van der Waals surface area contributed by atoms with Crippen LogP contribution >= 0.6 is 0 Å². The number of unbranched alkanes of at least 4 members (excludes halogenated alkanes) is 24. The number of hydrogen-bond donors (Lipinski definition) is 1. The zero-order valence-electron chi connectivity index (χ0n) is 33.4. The molecular weight excluding hydrogens is 587 g/mol. The van der Waals surface area contributed by atoms with Gasteiger partial charge in [-0.2, -0.15) is 0 Å². The highest BCUT2D eigenvalue weighted by atomic mass is 16.1. The van der Waals surface area contributed by atoms with Crippen molar-refractivity contribution in [3.8, 4) is 0 Å². The van der Waals surface area contributed by atoms with Crippen molar-refractivity contribution < 1.29 is 9.59 Å². The summed E-state index contributed by atoms with van der Waals surface area (Å²) in [6, 6.07) is 0.222. The van der Waals surface area contributed by atoms with Crippen molar-refractivity contribution in [2.24, 2.45) is 17.8 Å². The van der Waals surface area contributed by atoms with Crippen LogP contribution in [0.5, 0.6) is 0 Å². The molecule has 1 saturated carbocycles. The van der Waals surface area contributed by atoms with E-state index in [1.54, 1.807) is 0 Å². The minimum atomic E-state index is 0.222. The summed E-state index contributed by atoms with van der Waals surface area (Å²) in [4.78, 5) is 25.5. The lowest BCUT2D eigenvalue weighted by Gasteiger charge is -2.32. The van der Waals surface area contributed by atoms with Crippen LogP contribution in [0.4, 0.5) is 0 Å². The second kappa shape index (κ2) is 33.3. The van der Waals surface area contributed by atoms with Gasteiger partial charge in [-0.15, -0.1) is 0 Å². The molecule has 1 fully saturated rings. The fourth-order valence-electron chi connectivity index (χ4n) is 7.92. The van der Waals surface area contributed by atoms with Gasteiger partial charge < -0.3 is 5.32 Å².